The summed E-state index contributed by atoms with van der Waals surface area (Å²) in [5.74, 6) is -0.244. The van der Waals surface area contributed by atoms with Gasteiger partial charge in [0.05, 0.1) is 6.54 Å². The van der Waals surface area contributed by atoms with Crippen molar-refractivity contribution < 1.29 is 9.59 Å². The van der Waals surface area contributed by atoms with E-state index in [1.807, 2.05) is 18.2 Å². The van der Waals surface area contributed by atoms with E-state index in [0.29, 0.717) is 17.8 Å². The zero-order valence-electron chi connectivity index (χ0n) is 14.9. The Morgan fingerprint density at radius 2 is 1.88 bits per heavy atom. The highest BCUT2D eigenvalue weighted by molar-refractivity contribution is 5.97. The molecule has 0 aliphatic carbocycles. The van der Waals surface area contributed by atoms with Crippen molar-refractivity contribution in [2.75, 3.05) is 32.0 Å². The molecule has 0 saturated heterocycles. The van der Waals surface area contributed by atoms with E-state index in [9.17, 15) is 9.59 Å². The van der Waals surface area contributed by atoms with Crippen LogP contribution in [0, 0.1) is 0 Å². The van der Waals surface area contributed by atoms with Gasteiger partial charge in [0, 0.05) is 31.4 Å². The first-order chi connectivity index (χ1) is 12.7. The average molecular weight is 349 g/mol. The Morgan fingerprint density at radius 1 is 1.08 bits per heavy atom. The highest BCUT2D eigenvalue weighted by Crippen LogP contribution is 2.21. The number of nitrogens with zero attached hydrogens (tertiary/aromatic N) is 1. The van der Waals surface area contributed by atoms with Gasteiger partial charge in [-0.3, -0.25) is 14.5 Å². The third-order valence-electron chi connectivity index (χ3n) is 4.44. The molecule has 2 aromatic rings. The molecule has 3 rings (SSSR count). The third kappa shape index (κ3) is 4.58. The summed E-state index contributed by atoms with van der Waals surface area (Å²) in [6, 6.07) is 17.3. The van der Waals surface area contributed by atoms with Gasteiger partial charge in [-0.25, -0.2) is 0 Å². The number of nitrogens with one attached hydrogen (secondary N) is 2. The number of benzene rings is 2. The summed E-state index contributed by atoms with van der Waals surface area (Å²) < 4.78 is 0. The first kappa shape index (κ1) is 17.9. The summed E-state index contributed by atoms with van der Waals surface area (Å²) in [4.78, 5) is 26.1. The lowest BCUT2D eigenvalue weighted by atomic mass is 10.00. The summed E-state index contributed by atoms with van der Waals surface area (Å²) in [7, 11) is 1.58. The number of rotatable bonds is 5. The quantitative estimate of drug-likeness (QED) is 0.873. The van der Waals surface area contributed by atoms with Gasteiger partial charge in [0.1, 0.15) is 0 Å². The topological polar surface area (TPSA) is 61.4 Å². The lowest BCUT2D eigenvalue weighted by Gasteiger charge is -2.25. The molecular formula is C21H23N3O2. The van der Waals surface area contributed by atoms with Gasteiger partial charge in [0.15, 0.2) is 0 Å². The van der Waals surface area contributed by atoms with Crippen LogP contribution in [0.25, 0.3) is 5.57 Å². The molecule has 0 saturated carbocycles. The van der Waals surface area contributed by atoms with E-state index < -0.39 is 0 Å². The van der Waals surface area contributed by atoms with Gasteiger partial charge in [-0.1, -0.05) is 42.5 Å². The van der Waals surface area contributed by atoms with Crippen LogP contribution in [0.5, 0.6) is 0 Å². The van der Waals surface area contributed by atoms with Crippen LogP contribution in [0.2, 0.25) is 0 Å². The summed E-state index contributed by atoms with van der Waals surface area (Å²) in [5.41, 5.74) is 3.75. The normalized spacial score (nSPS) is 14.4. The van der Waals surface area contributed by atoms with Crippen LogP contribution in [-0.4, -0.2) is 43.4 Å². The Bertz CT molecular complexity index is 815. The number of amides is 2. The van der Waals surface area contributed by atoms with Crippen molar-refractivity contribution in [2.45, 2.75) is 6.42 Å². The van der Waals surface area contributed by atoms with Crippen molar-refractivity contribution in [1.29, 1.82) is 0 Å². The summed E-state index contributed by atoms with van der Waals surface area (Å²) >= 11 is 0. The number of hydrogen-bond donors (Lipinski definition) is 2. The zero-order chi connectivity index (χ0) is 18.4. The smallest absolute Gasteiger partial charge is 0.251 e. The second-order valence-corrected chi connectivity index (χ2v) is 6.29. The second-order valence-electron chi connectivity index (χ2n) is 6.29. The fourth-order valence-electron chi connectivity index (χ4n) is 3.06. The van der Waals surface area contributed by atoms with Crippen molar-refractivity contribution >= 4 is 23.1 Å². The first-order valence-electron chi connectivity index (χ1n) is 8.74. The van der Waals surface area contributed by atoms with E-state index in [1.165, 1.54) is 11.1 Å². The van der Waals surface area contributed by atoms with Crippen LogP contribution >= 0.6 is 0 Å². The third-order valence-corrected chi connectivity index (χ3v) is 4.44. The van der Waals surface area contributed by atoms with Crippen LogP contribution < -0.4 is 10.6 Å². The maximum Gasteiger partial charge on any atom is 0.251 e. The maximum atomic E-state index is 12.3. The molecule has 2 N–H and O–H groups in total. The SMILES string of the molecule is CNC(=O)c1cccc(NC(=O)CN2CC=C(c3ccccc3)CC2)c1. The molecule has 134 valence electrons. The van der Waals surface area contributed by atoms with Gasteiger partial charge in [-0.2, -0.15) is 0 Å². The molecule has 0 aromatic heterocycles. The van der Waals surface area contributed by atoms with E-state index in [4.69, 9.17) is 0 Å². The van der Waals surface area contributed by atoms with E-state index in [2.05, 4.69) is 33.7 Å². The maximum absolute atomic E-state index is 12.3. The fraction of sp³-hybridized carbons (Fsp3) is 0.238. The molecule has 0 fully saturated rings. The lowest BCUT2D eigenvalue weighted by molar-refractivity contribution is -0.117. The molecule has 2 amide bonds. The van der Waals surface area contributed by atoms with Gasteiger partial charge < -0.3 is 10.6 Å². The standard InChI is InChI=1S/C21H23N3O2/c1-22-21(26)18-8-5-9-19(14-18)23-20(25)15-24-12-10-17(11-13-24)16-6-3-2-4-7-16/h2-10,14H,11-13,15H2,1H3,(H,22,26)(H,23,25). The highest BCUT2D eigenvalue weighted by atomic mass is 16.2. The summed E-state index contributed by atoms with van der Waals surface area (Å²) in [6.45, 7) is 1.95. The van der Waals surface area contributed by atoms with Crippen molar-refractivity contribution in [1.82, 2.24) is 10.2 Å². The molecule has 5 nitrogen and oxygen atoms in total. The van der Waals surface area contributed by atoms with Gasteiger partial charge >= 0.3 is 0 Å². The Hall–Kier alpha value is -2.92. The van der Waals surface area contributed by atoms with Crippen LogP contribution in [0.4, 0.5) is 5.69 Å². The second kappa shape index (κ2) is 8.45. The van der Waals surface area contributed by atoms with Crippen molar-refractivity contribution in [3.05, 3.63) is 71.8 Å². The fourth-order valence-corrected chi connectivity index (χ4v) is 3.06. The molecule has 1 aliphatic heterocycles. The first-order valence-corrected chi connectivity index (χ1v) is 8.74. The molecule has 26 heavy (non-hydrogen) atoms. The average Bonchev–Trinajstić information content (AvgIpc) is 2.68. The van der Waals surface area contributed by atoms with Crippen LogP contribution in [0.3, 0.4) is 0 Å². The number of carbonyl (C=O) groups excluding carboxylic acids is 2. The molecule has 2 aromatic carbocycles. The summed E-state index contributed by atoms with van der Waals surface area (Å²) in [5, 5.41) is 5.45. The Balaban J connectivity index is 1.55. The number of carbonyl (C=O) groups is 2. The van der Waals surface area contributed by atoms with Crippen molar-refractivity contribution in [3.8, 4) is 0 Å². The van der Waals surface area contributed by atoms with E-state index in [-0.39, 0.29) is 11.8 Å². The summed E-state index contributed by atoms with van der Waals surface area (Å²) in [6.07, 6.45) is 3.13. The van der Waals surface area contributed by atoms with Gasteiger partial charge in [0.2, 0.25) is 5.91 Å². The van der Waals surface area contributed by atoms with Crippen LogP contribution in [0.1, 0.15) is 22.3 Å². The van der Waals surface area contributed by atoms with Gasteiger partial charge in [-0.15, -0.1) is 0 Å². The van der Waals surface area contributed by atoms with Crippen LogP contribution in [0.15, 0.2) is 60.7 Å². The van der Waals surface area contributed by atoms with Crippen molar-refractivity contribution in [2.24, 2.45) is 0 Å². The monoisotopic (exact) mass is 349 g/mol. The van der Waals surface area contributed by atoms with Crippen molar-refractivity contribution in [3.63, 3.8) is 0 Å². The van der Waals surface area contributed by atoms with E-state index in [1.54, 1.807) is 31.3 Å². The van der Waals surface area contributed by atoms with Crippen LogP contribution in [-0.2, 0) is 4.79 Å². The Morgan fingerprint density at radius 3 is 2.58 bits per heavy atom. The highest BCUT2D eigenvalue weighted by Gasteiger charge is 2.16. The predicted molar refractivity (Wildman–Crippen MR) is 104 cm³/mol. The predicted octanol–water partition coefficient (Wildman–Crippen LogP) is 2.77. The molecule has 1 aliphatic rings. The molecule has 0 bridgehead atoms. The minimum absolute atomic E-state index is 0.0735. The molecule has 1 heterocycles. The van der Waals surface area contributed by atoms with Gasteiger partial charge in [0.25, 0.3) is 5.91 Å². The minimum Gasteiger partial charge on any atom is -0.355 e. The zero-order valence-corrected chi connectivity index (χ0v) is 14.9. The molecule has 0 radical (unpaired) electrons. The Labute approximate surface area is 153 Å². The van der Waals surface area contributed by atoms with Gasteiger partial charge in [-0.05, 0) is 35.8 Å². The minimum atomic E-state index is -0.171. The molecule has 0 unspecified atom stereocenters. The number of hydrogen-bond acceptors (Lipinski definition) is 3. The Kier molecular flexibility index (Phi) is 5.81. The molecule has 0 spiro atoms. The van der Waals surface area contributed by atoms with E-state index >= 15 is 0 Å². The molecular weight excluding hydrogens is 326 g/mol. The lowest BCUT2D eigenvalue weighted by Crippen LogP contribution is -2.36. The van der Waals surface area contributed by atoms with E-state index in [0.717, 1.165) is 19.5 Å². The number of anilines is 1. The molecule has 0 atom stereocenters. The molecule has 5 heteroatoms. The largest absolute Gasteiger partial charge is 0.355 e.